The molecular formula is C20H23F3N2O4S. The van der Waals surface area contributed by atoms with E-state index in [1.54, 1.807) is 31.3 Å². The molecule has 0 aliphatic carbocycles. The molecule has 1 amide bonds. The van der Waals surface area contributed by atoms with E-state index in [-0.39, 0.29) is 10.5 Å². The zero-order chi connectivity index (χ0) is 22.6. The van der Waals surface area contributed by atoms with Crippen LogP contribution in [0, 0.1) is 0 Å². The van der Waals surface area contributed by atoms with Crippen LogP contribution in [0.15, 0.2) is 53.4 Å². The Morgan fingerprint density at radius 1 is 1.07 bits per heavy atom. The summed E-state index contributed by atoms with van der Waals surface area (Å²) in [5.41, 5.74) is -0.306. The minimum Gasteiger partial charge on any atom is -0.496 e. The number of benzene rings is 2. The first-order valence-corrected chi connectivity index (χ1v) is 10.4. The predicted octanol–water partition coefficient (Wildman–Crippen LogP) is 3.29. The number of para-hydroxylation sites is 1. The molecule has 6 nitrogen and oxygen atoms in total. The van der Waals surface area contributed by atoms with Gasteiger partial charge in [0.25, 0.3) is 5.91 Å². The molecule has 0 heterocycles. The Balaban J connectivity index is 2.19. The molecule has 2 aromatic rings. The topological polar surface area (TPSA) is 84.5 Å². The molecule has 0 aromatic heterocycles. The largest absolute Gasteiger partial charge is 0.496 e. The number of carbonyl (C=O) groups is 1. The number of carbonyl (C=O) groups excluding carboxylic acids is 1. The molecule has 0 spiro atoms. The molecule has 0 unspecified atom stereocenters. The van der Waals surface area contributed by atoms with Crippen LogP contribution in [0.5, 0.6) is 5.75 Å². The first-order chi connectivity index (χ1) is 13.8. The molecule has 10 heteroatoms. The number of nitrogens with one attached hydrogen (secondary N) is 2. The van der Waals surface area contributed by atoms with Gasteiger partial charge >= 0.3 is 6.18 Å². The Kier molecular flexibility index (Phi) is 7.14. The highest BCUT2D eigenvalue weighted by Crippen LogP contribution is 2.24. The number of rotatable bonds is 8. The van der Waals surface area contributed by atoms with Crippen LogP contribution in [-0.2, 0) is 16.4 Å². The molecule has 0 bridgehead atoms. The minimum absolute atomic E-state index is 0.190. The van der Waals surface area contributed by atoms with Gasteiger partial charge in [0.15, 0.2) is 0 Å². The van der Waals surface area contributed by atoms with Crippen LogP contribution >= 0.6 is 0 Å². The number of hydrogen-bond acceptors (Lipinski definition) is 4. The van der Waals surface area contributed by atoms with Crippen molar-refractivity contribution >= 4 is 15.9 Å². The van der Waals surface area contributed by atoms with E-state index in [1.807, 2.05) is 12.1 Å². The van der Waals surface area contributed by atoms with Crippen molar-refractivity contribution in [3.8, 4) is 5.75 Å². The molecule has 0 fully saturated rings. The van der Waals surface area contributed by atoms with Crippen molar-refractivity contribution in [3.63, 3.8) is 0 Å². The Morgan fingerprint density at radius 2 is 1.73 bits per heavy atom. The van der Waals surface area contributed by atoms with Crippen molar-refractivity contribution in [2.45, 2.75) is 36.9 Å². The number of methoxy groups -OCH3 is 1. The quantitative estimate of drug-likeness (QED) is 0.655. The van der Waals surface area contributed by atoms with Crippen LogP contribution in [-0.4, -0.2) is 39.7 Å². The number of amides is 1. The van der Waals surface area contributed by atoms with Crippen molar-refractivity contribution in [2.75, 3.05) is 13.7 Å². The van der Waals surface area contributed by atoms with E-state index in [0.29, 0.717) is 12.2 Å². The number of alkyl halides is 3. The van der Waals surface area contributed by atoms with Gasteiger partial charge in [0.1, 0.15) is 12.3 Å². The van der Waals surface area contributed by atoms with Gasteiger partial charge in [0.05, 0.1) is 12.0 Å². The predicted molar refractivity (Wildman–Crippen MR) is 106 cm³/mol. The molecule has 2 N–H and O–H groups in total. The summed E-state index contributed by atoms with van der Waals surface area (Å²) in [6.45, 7) is 1.88. The first kappa shape index (κ1) is 23.7. The lowest BCUT2D eigenvalue weighted by molar-refractivity contribution is -0.123. The summed E-state index contributed by atoms with van der Waals surface area (Å²) in [4.78, 5) is 11.7. The molecule has 0 saturated carbocycles. The van der Waals surface area contributed by atoms with Gasteiger partial charge in [0.2, 0.25) is 10.0 Å². The molecule has 164 valence electrons. The summed E-state index contributed by atoms with van der Waals surface area (Å²) in [5.74, 6) is -0.397. The lowest BCUT2D eigenvalue weighted by atomic mass is 9.96. The molecule has 0 atom stereocenters. The molecule has 0 aliphatic heterocycles. The SMILES string of the molecule is COc1ccccc1CC(C)(C)NS(=O)(=O)c1cccc(C(=O)NCC(F)(F)F)c1. The van der Waals surface area contributed by atoms with Crippen LogP contribution < -0.4 is 14.8 Å². The molecule has 0 aliphatic rings. The average molecular weight is 444 g/mol. The monoisotopic (exact) mass is 444 g/mol. The smallest absolute Gasteiger partial charge is 0.405 e. The van der Waals surface area contributed by atoms with Gasteiger partial charge in [-0.3, -0.25) is 4.79 Å². The molecular weight excluding hydrogens is 421 g/mol. The van der Waals surface area contributed by atoms with Gasteiger partial charge in [-0.25, -0.2) is 13.1 Å². The highest BCUT2D eigenvalue weighted by molar-refractivity contribution is 7.89. The summed E-state index contributed by atoms with van der Waals surface area (Å²) in [6.07, 6.45) is -4.24. The zero-order valence-electron chi connectivity index (χ0n) is 16.7. The summed E-state index contributed by atoms with van der Waals surface area (Å²) < 4.78 is 70.4. The summed E-state index contributed by atoms with van der Waals surface area (Å²) in [5, 5.41) is 1.72. The lowest BCUT2D eigenvalue weighted by Gasteiger charge is -2.27. The Morgan fingerprint density at radius 3 is 2.37 bits per heavy atom. The van der Waals surface area contributed by atoms with Crippen molar-refractivity contribution in [3.05, 3.63) is 59.7 Å². The minimum atomic E-state index is -4.57. The number of ether oxygens (including phenoxy) is 1. The standard InChI is InChI=1S/C20H23F3N2O4S/c1-19(2,12-15-7-4-5-10-17(15)29-3)25-30(27,28)16-9-6-8-14(11-16)18(26)24-13-20(21,22)23/h4-11,25H,12-13H2,1-3H3,(H,24,26). The first-order valence-electron chi connectivity index (χ1n) is 8.94. The third-order valence-electron chi connectivity index (χ3n) is 4.09. The van der Waals surface area contributed by atoms with Crippen LogP contribution in [0.1, 0.15) is 29.8 Å². The van der Waals surface area contributed by atoms with E-state index < -0.39 is 34.2 Å². The number of sulfonamides is 1. The van der Waals surface area contributed by atoms with Crippen LogP contribution in [0.3, 0.4) is 0 Å². The molecule has 2 aromatic carbocycles. The van der Waals surface area contributed by atoms with Crippen LogP contribution in [0.4, 0.5) is 13.2 Å². The Bertz CT molecular complexity index is 1010. The number of halogens is 3. The van der Waals surface area contributed by atoms with Crippen LogP contribution in [0.2, 0.25) is 0 Å². The lowest BCUT2D eigenvalue weighted by Crippen LogP contribution is -2.45. The second-order valence-electron chi connectivity index (χ2n) is 7.30. The maximum absolute atomic E-state index is 12.8. The van der Waals surface area contributed by atoms with Crippen molar-refractivity contribution < 1.29 is 31.1 Å². The fourth-order valence-corrected chi connectivity index (χ4v) is 4.33. The van der Waals surface area contributed by atoms with E-state index in [2.05, 4.69) is 4.72 Å². The summed E-state index contributed by atoms with van der Waals surface area (Å²) in [6, 6.07) is 12.0. The Labute approximate surface area is 173 Å². The zero-order valence-corrected chi connectivity index (χ0v) is 17.5. The highest BCUT2D eigenvalue weighted by atomic mass is 32.2. The molecule has 0 saturated heterocycles. The average Bonchev–Trinajstić information content (AvgIpc) is 2.65. The van der Waals surface area contributed by atoms with E-state index in [9.17, 15) is 26.4 Å². The van der Waals surface area contributed by atoms with Gasteiger partial charge in [-0.15, -0.1) is 0 Å². The van der Waals surface area contributed by atoms with Gasteiger partial charge in [-0.1, -0.05) is 24.3 Å². The van der Waals surface area contributed by atoms with E-state index in [0.717, 1.165) is 11.6 Å². The van der Waals surface area contributed by atoms with Gasteiger partial charge < -0.3 is 10.1 Å². The van der Waals surface area contributed by atoms with Gasteiger partial charge in [-0.05, 0) is 50.1 Å². The van der Waals surface area contributed by atoms with Crippen molar-refractivity contribution in [1.82, 2.24) is 10.0 Å². The normalized spacial score (nSPS) is 12.5. The highest BCUT2D eigenvalue weighted by Gasteiger charge is 2.29. The van der Waals surface area contributed by atoms with Crippen molar-refractivity contribution in [1.29, 1.82) is 0 Å². The second-order valence-corrected chi connectivity index (χ2v) is 8.99. The maximum atomic E-state index is 12.8. The summed E-state index contributed by atoms with van der Waals surface area (Å²) >= 11 is 0. The van der Waals surface area contributed by atoms with Gasteiger partial charge in [0, 0.05) is 11.1 Å². The van der Waals surface area contributed by atoms with E-state index in [1.165, 1.54) is 25.3 Å². The van der Waals surface area contributed by atoms with Crippen molar-refractivity contribution in [2.24, 2.45) is 0 Å². The third kappa shape index (κ3) is 6.74. The maximum Gasteiger partial charge on any atom is 0.405 e. The Hall–Kier alpha value is -2.59. The third-order valence-corrected chi connectivity index (χ3v) is 5.79. The fourth-order valence-electron chi connectivity index (χ4n) is 2.87. The van der Waals surface area contributed by atoms with E-state index >= 15 is 0 Å². The number of hydrogen-bond donors (Lipinski definition) is 2. The summed E-state index contributed by atoms with van der Waals surface area (Å²) in [7, 11) is -2.53. The van der Waals surface area contributed by atoms with Gasteiger partial charge in [-0.2, -0.15) is 13.2 Å². The molecule has 0 radical (unpaired) electrons. The molecule has 2 rings (SSSR count). The fraction of sp³-hybridized carbons (Fsp3) is 0.350. The second kappa shape index (κ2) is 9.05. The van der Waals surface area contributed by atoms with E-state index in [4.69, 9.17) is 4.74 Å². The molecule has 30 heavy (non-hydrogen) atoms. The van der Waals surface area contributed by atoms with Crippen LogP contribution in [0.25, 0.3) is 0 Å².